The van der Waals surface area contributed by atoms with E-state index in [-0.39, 0.29) is 16.4 Å². The minimum atomic E-state index is -2.35. The van der Waals surface area contributed by atoms with Gasteiger partial charge in [0.25, 0.3) is 0 Å². The van der Waals surface area contributed by atoms with Crippen molar-refractivity contribution < 1.29 is 17.4 Å². The number of rotatable bonds is 7. The quantitative estimate of drug-likeness (QED) is 0.159. The third-order valence-electron chi connectivity index (χ3n) is 17.2. The second kappa shape index (κ2) is 17.4. The van der Waals surface area contributed by atoms with Gasteiger partial charge in [0.05, 0.1) is 22.1 Å². The van der Waals surface area contributed by atoms with E-state index in [1.54, 1.807) is 6.07 Å². The lowest BCUT2D eigenvalue weighted by molar-refractivity contribution is 0.590. The highest BCUT2D eigenvalue weighted by Gasteiger charge is 2.30. The number of nitrogens with zero attached hydrogens (tertiary/aromatic N) is 3. The van der Waals surface area contributed by atoms with Crippen molar-refractivity contribution in [2.75, 3.05) is 9.80 Å². The predicted octanol–water partition coefficient (Wildman–Crippen LogP) is 22.4. The minimum Gasteiger partial charge on any atom is -0.456 e. The van der Waals surface area contributed by atoms with E-state index >= 15 is 0 Å². The molecule has 16 rings (SSSR count). The van der Waals surface area contributed by atoms with Gasteiger partial charge in [-0.05, 0) is 172 Å². The Bertz CT molecular complexity index is 5410. The lowest BCUT2D eigenvalue weighted by Gasteiger charge is -2.28. The summed E-state index contributed by atoms with van der Waals surface area (Å²) in [5.74, 6) is 0. The summed E-state index contributed by atoms with van der Waals surface area (Å²) in [6.07, 6.45) is 0. The van der Waals surface area contributed by atoms with E-state index in [4.69, 9.17) is 17.4 Å². The first-order chi connectivity index (χ1) is 40.9. The van der Waals surface area contributed by atoms with Crippen LogP contribution in [0.5, 0.6) is 0 Å². The molecule has 0 fully saturated rings. The number of hydrogen-bond acceptors (Lipinski definition) is 5. The first kappa shape index (κ1) is 45.0. The van der Waals surface area contributed by atoms with Crippen LogP contribution in [0.25, 0.3) is 115 Å². The van der Waals surface area contributed by atoms with Crippen LogP contribution in [-0.4, -0.2) is 4.40 Å². The van der Waals surface area contributed by atoms with Crippen LogP contribution in [0, 0.1) is 13.8 Å². The molecule has 5 heterocycles. The molecule has 396 valence electrons. The summed E-state index contributed by atoms with van der Waals surface area (Å²) < 4.78 is 47.8. The molecule has 0 unspecified atom stereocenters. The Morgan fingerprint density at radius 3 is 1.63 bits per heavy atom. The van der Waals surface area contributed by atoms with Gasteiger partial charge in [-0.2, -0.15) is 0 Å². The van der Waals surface area contributed by atoms with Crippen LogP contribution in [0.15, 0.2) is 226 Å². The van der Waals surface area contributed by atoms with Crippen LogP contribution in [0.2, 0.25) is 0 Å². The fourth-order valence-electron chi connectivity index (χ4n) is 13.0. The van der Waals surface area contributed by atoms with Crippen molar-refractivity contribution in [2.45, 2.75) is 66.1 Å². The molecule has 0 aliphatic carbocycles. The van der Waals surface area contributed by atoms with Crippen LogP contribution in [0.1, 0.15) is 67.9 Å². The standard InChI is InChI=1S/C76H59N3O3/c1-44-16-12-24-58-61-42-55(29-34-66(61)80-72(44)58)77(52-22-14-20-50(40-52)75(3,4)5)54-28-26-48-37-60-57-31-32-64(78(53-23-15-21-51(41-53)76(6,7)8)56-30-35-67-62(43-56)59-25-13-17-45(2)73(59)81-67)69-70(57)79(65(60)39-49(48)36-54)71-63-38-47(46-18-10-9-11-19-46)27-33-68(63)82-74(69)71/h9-43H,1-8H3/i2D3. The smallest absolute Gasteiger partial charge is 0.163 e. The van der Waals surface area contributed by atoms with E-state index in [0.717, 1.165) is 144 Å². The maximum Gasteiger partial charge on any atom is 0.163 e. The lowest BCUT2D eigenvalue weighted by atomic mass is 9.86. The SMILES string of the molecule is [2H]C([2H])([2H])c1cccc2c1oc1ccc(N(c3cccc(C(C)(C)C)c3)c3ccc4c5cc6ccc(N(c7cccc(C(C)(C)C)c7)c7ccc8oc9c(C)cccc9c8c7)cc6cc5n5c6c7cc(-c8ccccc8)ccc7oc6c3c45)cc12. The molecule has 0 saturated carbocycles. The van der Waals surface area contributed by atoms with Crippen LogP contribution < -0.4 is 9.80 Å². The van der Waals surface area contributed by atoms with E-state index in [1.807, 2.05) is 18.2 Å². The van der Waals surface area contributed by atoms with Crippen LogP contribution in [0.4, 0.5) is 34.1 Å². The molecule has 0 radical (unpaired) electrons. The number of hydrogen-bond donors (Lipinski definition) is 0. The van der Waals surface area contributed by atoms with Gasteiger partial charge in [0.1, 0.15) is 33.4 Å². The summed E-state index contributed by atoms with van der Waals surface area (Å²) in [7, 11) is 0. The van der Waals surface area contributed by atoms with E-state index in [2.05, 4.69) is 251 Å². The molecule has 0 saturated heterocycles. The maximum absolute atomic E-state index is 8.39. The molecule has 0 amide bonds. The van der Waals surface area contributed by atoms with Gasteiger partial charge in [0.2, 0.25) is 0 Å². The zero-order valence-corrected chi connectivity index (χ0v) is 46.8. The number of aryl methyl sites for hydroxylation is 2. The van der Waals surface area contributed by atoms with Gasteiger partial charge < -0.3 is 27.5 Å². The average Bonchev–Trinajstić information content (AvgIpc) is 1.54. The van der Waals surface area contributed by atoms with Crippen LogP contribution >= 0.6 is 0 Å². The molecule has 0 N–H and O–H groups in total. The minimum absolute atomic E-state index is 0.0710. The number of benzene rings is 11. The molecule has 82 heavy (non-hydrogen) atoms. The van der Waals surface area contributed by atoms with Crippen molar-refractivity contribution in [3.05, 3.63) is 235 Å². The van der Waals surface area contributed by atoms with E-state index in [9.17, 15) is 0 Å². The molecule has 0 bridgehead atoms. The number of anilines is 6. The van der Waals surface area contributed by atoms with Crippen molar-refractivity contribution in [1.29, 1.82) is 0 Å². The summed E-state index contributed by atoms with van der Waals surface area (Å²) in [4.78, 5) is 4.73. The molecule has 6 heteroatoms. The summed E-state index contributed by atoms with van der Waals surface area (Å²) in [5.41, 5.74) is 19.2. The molecule has 0 atom stereocenters. The Morgan fingerprint density at radius 2 is 0.951 bits per heavy atom. The molecule has 5 aromatic heterocycles. The van der Waals surface area contributed by atoms with Gasteiger partial charge >= 0.3 is 0 Å². The van der Waals surface area contributed by atoms with Crippen molar-refractivity contribution in [1.82, 2.24) is 4.40 Å². The lowest BCUT2D eigenvalue weighted by Crippen LogP contribution is -2.14. The van der Waals surface area contributed by atoms with Crippen LogP contribution in [-0.2, 0) is 10.8 Å². The average molecular weight is 1070 g/mol. The normalized spacial score (nSPS) is 13.3. The molecule has 0 aliphatic heterocycles. The summed E-state index contributed by atoms with van der Waals surface area (Å²) in [5, 5.41) is 10.2. The molecule has 0 spiro atoms. The predicted molar refractivity (Wildman–Crippen MR) is 345 cm³/mol. The van der Waals surface area contributed by atoms with E-state index in [1.165, 1.54) is 11.1 Å². The number of furan rings is 3. The van der Waals surface area contributed by atoms with Gasteiger partial charge in [-0.15, -0.1) is 0 Å². The fourth-order valence-corrected chi connectivity index (χ4v) is 13.0. The highest BCUT2D eigenvalue weighted by Crippen LogP contribution is 2.52. The van der Waals surface area contributed by atoms with E-state index in [0.29, 0.717) is 11.2 Å². The van der Waals surface area contributed by atoms with Crippen molar-refractivity contribution >= 4 is 138 Å². The summed E-state index contributed by atoms with van der Waals surface area (Å²) in [6, 6.07) is 75.6. The zero-order chi connectivity index (χ0) is 58.0. The molecule has 16 aromatic rings. The Morgan fingerprint density at radius 1 is 0.378 bits per heavy atom. The first-order valence-corrected chi connectivity index (χ1v) is 28.3. The number of aromatic nitrogens is 1. The Balaban J connectivity index is 0.968. The highest BCUT2D eigenvalue weighted by molar-refractivity contribution is 6.30. The maximum atomic E-state index is 8.39. The Labute approximate surface area is 479 Å². The van der Waals surface area contributed by atoms with Crippen molar-refractivity contribution in [3.63, 3.8) is 0 Å². The van der Waals surface area contributed by atoms with Gasteiger partial charge in [-0.25, -0.2) is 0 Å². The van der Waals surface area contributed by atoms with Gasteiger partial charge in [-0.1, -0.05) is 151 Å². The fraction of sp³-hybridized carbons (Fsp3) is 0.132. The topological polar surface area (TPSA) is 50.3 Å². The summed E-state index contributed by atoms with van der Waals surface area (Å²) in [6.45, 7) is 13.3. The Hall–Kier alpha value is -9.78. The molecule has 11 aromatic carbocycles. The molecule has 6 nitrogen and oxygen atoms in total. The molecular formula is C76H59N3O3. The van der Waals surface area contributed by atoms with Crippen molar-refractivity contribution in [2.24, 2.45) is 0 Å². The molecule has 0 aliphatic rings. The van der Waals surface area contributed by atoms with Crippen molar-refractivity contribution in [3.8, 4) is 11.1 Å². The third kappa shape index (κ3) is 7.26. The van der Waals surface area contributed by atoms with Crippen LogP contribution in [0.3, 0.4) is 0 Å². The van der Waals surface area contributed by atoms with Gasteiger partial charge in [0, 0.05) is 70.3 Å². The van der Waals surface area contributed by atoms with Gasteiger partial charge in [-0.3, -0.25) is 0 Å². The highest BCUT2D eigenvalue weighted by atomic mass is 16.3. The summed E-state index contributed by atoms with van der Waals surface area (Å²) >= 11 is 0. The second-order valence-electron chi connectivity index (χ2n) is 24.4. The van der Waals surface area contributed by atoms with Gasteiger partial charge in [0.15, 0.2) is 5.58 Å². The first-order valence-electron chi connectivity index (χ1n) is 29.8. The zero-order valence-electron chi connectivity index (χ0n) is 49.8. The largest absolute Gasteiger partial charge is 0.456 e. The van der Waals surface area contributed by atoms with E-state index < -0.39 is 6.85 Å². The number of para-hydroxylation sites is 2. The monoisotopic (exact) mass is 1060 g/mol. The Kier molecular flexibility index (Phi) is 9.53. The number of fused-ring (bicyclic) bond motifs is 15. The third-order valence-corrected chi connectivity index (χ3v) is 17.2. The second-order valence-corrected chi connectivity index (χ2v) is 24.4. The molecular weight excluding hydrogens is 1000 g/mol.